The van der Waals surface area contributed by atoms with Gasteiger partial charge in [0.05, 0.1) is 27.4 Å². The first kappa shape index (κ1) is 16.9. The molecule has 130 valence electrons. The maximum atomic E-state index is 6.50. The summed E-state index contributed by atoms with van der Waals surface area (Å²) in [5, 5.41) is 0. The minimum Gasteiger partial charge on any atom is -0.493 e. The summed E-state index contributed by atoms with van der Waals surface area (Å²) in [6.45, 7) is 0. The van der Waals surface area contributed by atoms with E-state index in [1.807, 2.05) is 53.2 Å². The van der Waals surface area contributed by atoms with Crippen molar-refractivity contribution < 1.29 is 14.2 Å². The molecular weight excluding hydrogens is 318 g/mol. The average Bonchev–Trinajstić information content (AvgIpc) is 3.16. The van der Waals surface area contributed by atoms with Crippen molar-refractivity contribution in [1.82, 2.24) is 9.55 Å². The lowest BCUT2D eigenvalue weighted by Crippen LogP contribution is -2.17. The molecule has 0 spiro atoms. The smallest absolute Gasteiger partial charge is 0.203 e. The minimum absolute atomic E-state index is 0.455. The van der Waals surface area contributed by atoms with Gasteiger partial charge in [-0.3, -0.25) is 0 Å². The zero-order chi connectivity index (χ0) is 17.8. The topological polar surface area (TPSA) is 71.5 Å². The molecule has 1 atom stereocenters. The van der Waals surface area contributed by atoms with Gasteiger partial charge in [0.25, 0.3) is 0 Å². The van der Waals surface area contributed by atoms with Crippen molar-refractivity contribution in [3.8, 4) is 22.9 Å². The zero-order valence-electron chi connectivity index (χ0n) is 14.5. The lowest BCUT2D eigenvalue weighted by atomic mass is 10.1. The van der Waals surface area contributed by atoms with Crippen molar-refractivity contribution >= 4 is 0 Å². The summed E-state index contributed by atoms with van der Waals surface area (Å²) in [4.78, 5) is 4.45. The van der Waals surface area contributed by atoms with Crippen LogP contribution >= 0.6 is 0 Å². The van der Waals surface area contributed by atoms with Gasteiger partial charge in [-0.2, -0.15) is 0 Å². The molecule has 2 aromatic carbocycles. The molecule has 3 rings (SSSR count). The summed E-state index contributed by atoms with van der Waals surface area (Å²) in [5.41, 5.74) is 8.32. The summed E-state index contributed by atoms with van der Waals surface area (Å²) < 4.78 is 18.2. The Morgan fingerprint density at radius 1 is 0.960 bits per heavy atom. The van der Waals surface area contributed by atoms with E-state index in [1.165, 1.54) is 0 Å². The summed E-state index contributed by atoms with van der Waals surface area (Å²) >= 11 is 0. The first-order valence-electron chi connectivity index (χ1n) is 7.83. The lowest BCUT2D eigenvalue weighted by molar-refractivity contribution is 0.323. The van der Waals surface area contributed by atoms with Crippen molar-refractivity contribution in [3.63, 3.8) is 0 Å². The van der Waals surface area contributed by atoms with Gasteiger partial charge in [-0.05, 0) is 29.8 Å². The van der Waals surface area contributed by atoms with E-state index < -0.39 is 6.04 Å². The Morgan fingerprint density at radius 3 is 2.16 bits per heavy atom. The zero-order valence-corrected chi connectivity index (χ0v) is 14.5. The molecule has 0 saturated carbocycles. The van der Waals surface area contributed by atoms with E-state index >= 15 is 0 Å². The van der Waals surface area contributed by atoms with Crippen molar-refractivity contribution in [1.29, 1.82) is 0 Å². The van der Waals surface area contributed by atoms with Crippen LogP contribution in [0, 0.1) is 0 Å². The molecule has 1 heterocycles. The maximum Gasteiger partial charge on any atom is 0.203 e. The van der Waals surface area contributed by atoms with Crippen LogP contribution in [0.2, 0.25) is 0 Å². The summed E-state index contributed by atoms with van der Waals surface area (Å²) in [6.07, 6.45) is 3.63. The van der Waals surface area contributed by atoms with Gasteiger partial charge in [-0.15, -0.1) is 0 Å². The second-order valence-electron chi connectivity index (χ2n) is 5.43. The molecule has 6 nitrogen and oxygen atoms in total. The number of benzene rings is 2. The van der Waals surface area contributed by atoms with Crippen LogP contribution in [-0.2, 0) is 0 Å². The Morgan fingerprint density at radius 2 is 1.60 bits per heavy atom. The predicted octanol–water partition coefficient (Wildman–Crippen LogP) is 2.95. The quantitative estimate of drug-likeness (QED) is 0.747. The molecule has 2 N–H and O–H groups in total. The molecule has 0 aliphatic heterocycles. The van der Waals surface area contributed by atoms with E-state index in [4.69, 9.17) is 19.9 Å². The fourth-order valence-corrected chi connectivity index (χ4v) is 2.78. The van der Waals surface area contributed by atoms with E-state index in [0.717, 1.165) is 17.1 Å². The molecule has 0 amide bonds. The number of rotatable bonds is 6. The van der Waals surface area contributed by atoms with Gasteiger partial charge in [0.15, 0.2) is 11.5 Å². The number of hydrogen-bond donors (Lipinski definition) is 1. The number of para-hydroxylation sites is 1. The third-order valence-electron chi connectivity index (χ3n) is 4.03. The van der Waals surface area contributed by atoms with Crippen LogP contribution in [0.1, 0.15) is 17.4 Å². The first-order valence-corrected chi connectivity index (χ1v) is 7.83. The monoisotopic (exact) mass is 339 g/mol. The average molecular weight is 339 g/mol. The number of imidazole rings is 1. The van der Waals surface area contributed by atoms with E-state index in [9.17, 15) is 0 Å². The molecule has 0 bridgehead atoms. The number of methoxy groups -OCH3 is 3. The predicted molar refractivity (Wildman–Crippen MR) is 95.7 cm³/mol. The third kappa shape index (κ3) is 3.16. The van der Waals surface area contributed by atoms with Crippen LogP contribution in [0.3, 0.4) is 0 Å². The summed E-state index contributed by atoms with van der Waals surface area (Å²) in [6, 6.07) is 13.2. The molecule has 0 saturated heterocycles. The van der Waals surface area contributed by atoms with Gasteiger partial charge in [0, 0.05) is 18.1 Å². The van der Waals surface area contributed by atoms with E-state index in [2.05, 4.69) is 4.98 Å². The van der Waals surface area contributed by atoms with Crippen molar-refractivity contribution in [2.24, 2.45) is 5.73 Å². The Kier molecular flexibility index (Phi) is 4.90. The highest BCUT2D eigenvalue weighted by Gasteiger charge is 2.21. The molecule has 0 radical (unpaired) electrons. The molecule has 1 aromatic heterocycles. The fraction of sp³-hybridized carbons (Fsp3) is 0.211. The van der Waals surface area contributed by atoms with Gasteiger partial charge in [0.2, 0.25) is 5.75 Å². The number of aromatic nitrogens is 2. The van der Waals surface area contributed by atoms with Crippen LogP contribution in [-0.4, -0.2) is 30.9 Å². The highest BCUT2D eigenvalue weighted by atomic mass is 16.5. The van der Waals surface area contributed by atoms with Crippen LogP contribution in [0.5, 0.6) is 17.2 Å². The fourth-order valence-electron chi connectivity index (χ4n) is 2.78. The van der Waals surface area contributed by atoms with Crippen molar-refractivity contribution in [3.05, 3.63) is 66.2 Å². The van der Waals surface area contributed by atoms with Crippen LogP contribution in [0.15, 0.2) is 54.9 Å². The highest BCUT2D eigenvalue weighted by molar-refractivity contribution is 5.55. The Balaban J connectivity index is 2.05. The lowest BCUT2D eigenvalue weighted by Gasteiger charge is -2.18. The van der Waals surface area contributed by atoms with Crippen molar-refractivity contribution in [2.75, 3.05) is 21.3 Å². The van der Waals surface area contributed by atoms with Gasteiger partial charge < -0.3 is 24.5 Å². The minimum atomic E-state index is -0.455. The van der Waals surface area contributed by atoms with Crippen molar-refractivity contribution in [2.45, 2.75) is 6.04 Å². The van der Waals surface area contributed by atoms with Crippen LogP contribution in [0.25, 0.3) is 5.69 Å². The molecule has 0 aliphatic carbocycles. The highest BCUT2D eigenvalue weighted by Crippen LogP contribution is 2.40. The maximum absolute atomic E-state index is 6.50. The standard InChI is InChI=1S/C19H21N3O3/c1-23-15-11-13(12-16(24-2)18(15)25-3)17(20)19-21-9-10-22(19)14-7-5-4-6-8-14/h4-12,17H,20H2,1-3H3. The molecule has 3 aromatic rings. The van der Waals surface area contributed by atoms with Gasteiger partial charge in [0.1, 0.15) is 5.82 Å². The largest absolute Gasteiger partial charge is 0.493 e. The molecular formula is C19H21N3O3. The Hall–Kier alpha value is -2.99. The summed E-state index contributed by atoms with van der Waals surface area (Å²) in [7, 11) is 4.73. The number of nitrogens with two attached hydrogens (primary N) is 1. The van der Waals surface area contributed by atoms with E-state index in [-0.39, 0.29) is 0 Å². The molecule has 1 unspecified atom stereocenters. The Bertz CT molecular complexity index is 821. The van der Waals surface area contributed by atoms with Gasteiger partial charge >= 0.3 is 0 Å². The molecule has 6 heteroatoms. The van der Waals surface area contributed by atoms with E-state index in [0.29, 0.717) is 17.2 Å². The molecule has 0 aliphatic rings. The third-order valence-corrected chi connectivity index (χ3v) is 4.03. The Labute approximate surface area is 146 Å². The number of nitrogens with zero attached hydrogens (tertiary/aromatic N) is 2. The van der Waals surface area contributed by atoms with Crippen LogP contribution < -0.4 is 19.9 Å². The normalized spacial score (nSPS) is 11.8. The van der Waals surface area contributed by atoms with Gasteiger partial charge in [-0.25, -0.2) is 4.98 Å². The molecule has 0 fully saturated rings. The number of ether oxygens (including phenoxy) is 3. The van der Waals surface area contributed by atoms with Crippen LogP contribution in [0.4, 0.5) is 0 Å². The van der Waals surface area contributed by atoms with Gasteiger partial charge in [-0.1, -0.05) is 18.2 Å². The SMILES string of the molecule is COc1cc(C(N)c2nccn2-c2ccccc2)cc(OC)c1OC. The summed E-state index contributed by atoms with van der Waals surface area (Å²) in [5.74, 6) is 2.38. The molecule has 25 heavy (non-hydrogen) atoms. The second kappa shape index (κ2) is 7.27. The number of hydrogen-bond acceptors (Lipinski definition) is 5. The first-order chi connectivity index (χ1) is 12.2. The van der Waals surface area contributed by atoms with E-state index in [1.54, 1.807) is 27.5 Å². The second-order valence-corrected chi connectivity index (χ2v) is 5.43.